The van der Waals surface area contributed by atoms with Crippen LogP contribution < -0.4 is 4.74 Å². The Balaban J connectivity index is 3.70. The molecule has 0 saturated carbocycles. The van der Waals surface area contributed by atoms with Gasteiger partial charge in [0.25, 0.3) is 0 Å². The van der Waals surface area contributed by atoms with Crippen molar-refractivity contribution >= 4 is 37.8 Å². The van der Waals surface area contributed by atoms with Crippen molar-refractivity contribution in [1.29, 1.82) is 0 Å². The molecular formula is C8H4Br2F2O3. The Morgan fingerprint density at radius 2 is 1.80 bits per heavy atom. The molecular weight excluding hydrogens is 342 g/mol. The first-order valence-electron chi connectivity index (χ1n) is 3.55. The Kier molecular flexibility index (Phi) is 3.67. The van der Waals surface area contributed by atoms with Gasteiger partial charge in [0, 0.05) is 0 Å². The third-order valence-corrected chi connectivity index (χ3v) is 3.71. The number of aromatic carboxylic acids is 1. The van der Waals surface area contributed by atoms with E-state index in [0.29, 0.717) is 0 Å². The third kappa shape index (κ3) is 1.98. The number of carbonyl (C=O) groups is 1. The minimum atomic E-state index is -1.42. The van der Waals surface area contributed by atoms with Gasteiger partial charge in [-0.15, -0.1) is 0 Å². The maximum absolute atomic E-state index is 13.2. The van der Waals surface area contributed by atoms with Gasteiger partial charge in [0.05, 0.1) is 16.1 Å². The highest BCUT2D eigenvalue weighted by Gasteiger charge is 2.26. The summed E-state index contributed by atoms with van der Waals surface area (Å²) in [6.07, 6.45) is 0. The molecule has 7 heteroatoms. The molecule has 0 aromatic heterocycles. The fourth-order valence-electron chi connectivity index (χ4n) is 0.994. The molecule has 0 aliphatic rings. The van der Waals surface area contributed by atoms with Crippen LogP contribution in [-0.2, 0) is 0 Å². The Morgan fingerprint density at radius 1 is 1.27 bits per heavy atom. The van der Waals surface area contributed by atoms with Crippen LogP contribution in [0.2, 0.25) is 0 Å². The lowest BCUT2D eigenvalue weighted by molar-refractivity contribution is 0.0691. The van der Waals surface area contributed by atoms with Gasteiger partial charge in [-0.1, -0.05) is 0 Å². The van der Waals surface area contributed by atoms with Crippen molar-refractivity contribution in [2.75, 3.05) is 7.11 Å². The standard InChI is InChI=1S/C8H4Br2F2O3/c1-15-7-2(8(13)14)3(9)4(10)5(11)6(7)12/h1H3,(H,13,14). The number of ether oxygens (including phenoxy) is 1. The highest BCUT2D eigenvalue weighted by Crippen LogP contribution is 2.38. The molecule has 0 bridgehead atoms. The van der Waals surface area contributed by atoms with Crippen LogP contribution in [0.1, 0.15) is 10.4 Å². The summed E-state index contributed by atoms with van der Waals surface area (Å²) in [5.74, 6) is -4.61. The van der Waals surface area contributed by atoms with Crippen LogP contribution in [0.25, 0.3) is 0 Å². The second kappa shape index (κ2) is 4.44. The van der Waals surface area contributed by atoms with E-state index in [1.165, 1.54) is 0 Å². The van der Waals surface area contributed by atoms with Gasteiger partial charge in [-0.3, -0.25) is 0 Å². The van der Waals surface area contributed by atoms with Crippen LogP contribution in [0, 0.1) is 11.6 Å². The third-order valence-electron chi connectivity index (χ3n) is 1.64. The number of carboxylic acids is 1. The number of methoxy groups -OCH3 is 1. The molecule has 0 spiro atoms. The lowest BCUT2D eigenvalue weighted by Crippen LogP contribution is -2.06. The van der Waals surface area contributed by atoms with Gasteiger partial charge in [-0.05, 0) is 31.9 Å². The quantitative estimate of drug-likeness (QED) is 0.661. The van der Waals surface area contributed by atoms with E-state index in [4.69, 9.17) is 5.11 Å². The van der Waals surface area contributed by atoms with E-state index in [9.17, 15) is 13.6 Å². The second-order valence-corrected chi connectivity index (χ2v) is 4.06. The summed E-state index contributed by atoms with van der Waals surface area (Å²) in [4.78, 5) is 10.8. The predicted molar refractivity (Wildman–Crippen MR) is 55.3 cm³/mol. The van der Waals surface area contributed by atoms with E-state index in [-0.39, 0.29) is 8.95 Å². The maximum Gasteiger partial charge on any atom is 0.340 e. The van der Waals surface area contributed by atoms with Gasteiger partial charge < -0.3 is 9.84 Å². The Morgan fingerprint density at radius 3 is 2.20 bits per heavy atom. The molecule has 0 atom stereocenters. The van der Waals surface area contributed by atoms with Crippen molar-refractivity contribution in [3.8, 4) is 5.75 Å². The lowest BCUT2D eigenvalue weighted by atomic mass is 10.2. The van der Waals surface area contributed by atoms with Gasteiger partial charge >= 0.3 is 5.97 Å². The summed E-state index contributed by atoms with van der Waals surface area (Å²) < 4.78 is 30.5. The molecule has 1 aromatic rings. The summed E-state index contributed by atoms with van der Waals surface area (Å²) in [7, 11) is 1.06. The number of benzene rings is 1. The van der Waals surface area contributed by atoms with Gasteiger partial charge in [-0.2, -0.15) is 4.39 Å². The minimum Gasteiger partial charge on any atom is -0.493 e. The zero-order valence-electron chi connectivity index (χ0n) is 7.28. The monoisotopic (exact) mass is 344 g/mol. The summed E-state index contributed by atoms with van der Waals surface area (Å²) in [6, 6.07) is 0. The maximum atomic E-state index is 13.2. The lowest BCUT2D eigenvalue weighted by Gasteiger charge is -2.10. The molecule has 0 aliphatic heterocycles. The number of hydrogen-bond donors (Lipinski definition) is 1. The van der Waals surface area contributed by atoms with Gasteiger partial charge in [0.2, 0.25) is 5.82 Å². The molecule has 0 saturated heterocycles. The second-order valence-electron chi connectivity index (χ2n) is 2.47. The highest BCUT2D eigenvalue weighted by atomic mass is 79.9. The molecule has 1 rings (SSSR count). The summed E-state index contributed by atoms with van der Waals surface area (Å²) in [6.45, 7) is 0. The van der Waals surface area contributed by atoms with Gasteiger partial charge in [0.15, 0.2) is 11.6 Å². The van der Waals surface area contributed by atoms with Crippen LogP contribution >= 0.6 is 31.9 Å². The van der Waals surface area contributed by atoms with Gasteiger partial charge in [-0.25, -0.2) is 9.18 Å². The zero-order valence-corrected chi connectivity index (χ0v) is 10.4. The molecule has 0 heterocycles. The molecule has 82 valence electrons. The normalized spacial score (nSPS) is 10.2. The van der Waals surface area contributed by atoms with E-state index in [2.05, 4.69) is 36.6 Å². The Hall–Kier alpha value is -0.690. The van der Waals surface area contributed by atoms with Crippen molar-refractivity contribution in [3.63, 3.8) is 0 Å². The molecule has 1 N–H and O–H groups in total. The molecule has 0 aliphatic carbocycles. The number of halogens is 4. The predicted octanol–water partition coefficient (Wildman–Crippen LogP) is 3.20. The Bertz CT molecular complexity index is 435. The fraction of sp³-hybridized carbons (Fsp3) is 0.125. The Labute approximate surface area is 100 Å². The first kappa shape index (κ1) is 12.4. The van der Waals surface area contributed by atoms with Crippen molar-refractivity contribution < 1.29 is 23.4 Å². The molecule has 0 amide bonds. The topological polar surface area (TPSA) is 46.5 Å². The van der Waals surface area contributed by atoms with Crippen LogP contribution in [0.3, 0.4) is 0 Å². The first-order valence-corrected chi connectivity index (χ1v) is 5.13. The van der Waals surface area contributed by atoms with Crippen LogP contribution in [0.4, 0.5) is 8.78 Å². The van der Waals surface area contributed by atoms with E-state index in [1.807, 2.05) is 0 Å². The highest BCUT2D eigenvalue weighted by molar-refractivity contribution is 9.13. The molecule has 0 fully saturated rings. The average Bonchev–Trinajstić information content (AvgIpc) is 2.19. The van der Waals surface area contributed by atoms with E-state index in [1.54, 1.807) is 0 Å². The molecule has 0 radical (unpaired) electrons. The zero-order chi connectivity index (χ0) is 11.7. The van der Waals surface area contributed by atoms with E-state index < -0.39 is 28.9 Å². The smallest absolute Gasteiger partial charge is 0.340 e. The number of carboxylic acid groups (broad SMARTS) is 1. The van der Waals surface area contributed by atoms with E-state index >= 15 is 0 Å². The largest absolute Gasteiger partial charge is 0.493 e. The van der Waals surface area contributed by atoms with Crippen LogP contribution in [0.5, 0.6) is 5.75 Å². The van der Waals surface area contributed by atoms with Gasteiger partial charge in [0.1, 0.15) is 5.56 Å². The molecule has 15 heavy (non-hydrogen) atoms. The van der Waals surface area contributed by atoms with E-state index in [0.717, 1.165) is 7.11 Å². The van der Waals surface area contributed by atoms with Crippen molar-refractivity contribution in [2.24, 2.45) is 0 Å². The first-order chi connectivity index (χ1) is 6.91. The molecule has 3 nitrogen and oxygen atoms in total. The molecule has 0 unspecified atom stereocenters. The van der Waals surface area contributed by atoms with Crippen molar-refractivity contribution in [3.05, 3.63) is 26.1 Å². The summed E-state index contributed by atoms with van der Waals surface area (Å²) in [5.41, 5.74) is -0.469. The SMILES string of the molecule is COc1c(F)c(F)c(Br)c(Br)c1C(=O)O. The van der Waals surface area contributed by atoms with Crippen molar-refractivity contribution in [2.45, 2.75) is 0 Å². The summed E-state index contributed by atoms with van der Waals surface area (Å²) in [5, 5.41) is 8.80. The number of hydrogen-bond acceptors (Lipinski definition) is 2. The fourth-order valence-corrected chi connectivity index (χ4v) is 1.89. The minimum absolute atomic E-state index is 0.106. The average molecular weight is 346 g/mol. The van der Waals surface area contributed by atoms with Crippen LogP contribution in [-0.4, -0.2) is 18.2 Å². The summed E-state index contributed by atoms with van der Waals surface area (Å²) >= 11 is 5.57. The van der Waals surface area contributed by atoms with Crippen molar-refractivity contribution in [1.82, 2.24) is 0 Å². The van der Waals surface area contributed by atoms with Crippen LogP contribution in [0.15, 0.2) is 8.95 Å². The number of rotatable bonds is 2. The molecule has 1 aromatic carbocycles.